The molecule has 0 bridgehead atoms. The fourth-order valence-corrected chi connectivity index (χ4v) is 0.451. The molecule has 0 saturated carbocycles. The van der Waals surface area contributed by atoms with Crippen molar-refractivity contribution in [2.75, 3.05) is 13.2 Å². The first-order valence-corrected chi connectivity index (χ1v) is 3.01. The number of hydrogen-bond donors (Lipinski definition) is 4. The van der Waals surface area contributed by atoms with Crippen LogP contribution in [-0.2, 0) is 0 Å². The normalized spacial score (nSPS) is 12.6. The van der Waals surface area contributed by atoms with Gasteiger partial charge in [0.25, 0.3) is 0 Å². The molecule has 60 valence electrons. The molecule has 0 aliphatic carbocycles. The zero-order chi connectivity index (χ0) is 7.98. The van der Waals surface area contributed by atoms with Crippen molar-refractivity contribution in [1.82, 2.24) is 0 Å². The van der Waals surface area contributed by atoms with Crippen LogP contribution in [0.3, 0.4) is 0 Å². The first-order valence-electron chi connectivity index (χ1n) is 3.01. The van der Waals surface area contributed by atoms with E-state index in [0.717, 1.165) is 0 Å². The van der Waals surface area contributed by atoms with Crippen molar-refractivity contribution in [2.45, 2.75) is 12.5 Å². The van der Waals surface area contributed by atoms with Gasteiger partial charge in [0, 0.05) is 6.61 Å². The Hall–Kier alpha value is -0.810. The smallest absolute Gasteiger partial charge is 0.185 e. The summed E-state index contributed by atoms with van der Waals surface area (Å²) in [7, 11) is 0. The molecule has 0 heterocycles. The number of aliphatic imine (C=N–C) groups is 1. The van der Waals surface area contributed by atoms with E-state index >= 15 is 0 Å². The van der Waals surface area contributed by atoms with Crippen molar-refractivity contribution in [3.05, 3.63) is 0 Å². The molecule has 1 atom stereocenters. The molecule has 0 spiro atoms. The lowest BCUT2D eigenvalue weighted by Crippen LogP contribution is -2.25. The molecule has 1 unspecified atom stereocenters. The monoisotopic (exact) mass is 147 g/mol. The fourth-order valence-electron chi connectivity index (χ4n) is 0.451. The number of nitrogens with two attached hydrogens (primary N) is 2. The number of guanidine groups is 1. The third-order valence-corrected chi connectivity index (χ3v) is 0.947. The third-order valence-electron chi connectivity index (χ3n) is 0.947. The summed E-state index contributed by atoms with van der Waals surface area (Å²) >= 11 is 0. The number of aliphatic hydroxyl groups is 2. The van der Waals surface area contributed by atoms with Gasteiger partial charge in [0.15, 0.2) is 5.96 Å². The van der Waals surface area contributed by atoms with Gasteiger partial charge in [-0.1, -0.05) is 0 Å². The Balaban J connectivity index is 3.38. The molecule has 10 heavy (non-hydrogen) atoms. The average Bonchev–Trinajstić information content (AvgIpc) is 1.85. The molecular weight excluding hydrogens is 134 g/mol. The van der Waals surface area contributed by atoms with Gasteiger partial charge in [-0.2, -0.15) is 0 Å². The van der Waals surface area contributed by atoms with Gasteiger partial charge in [0.2, 0.25) is 0 Å². The first kappa shape index (κ1) is 9.19. The molecule has 6 N–H and O–H groups in total. The van der Waals surface area contributed by atoms with Crippen LogP contribution < -0.4 is 11.5 Å². The van der Waals surface area contributed by atoms with Crippen molar-refractivity contribution >= 4 is 5.96 Å². The maximum absolute atomic E-state index is 8.92. The van der Waals surface area contributed by atoms with Gasteiger partial charge in [-0.25, -0.2) is 0 Å². The summed E-state index contributed by atoms with van der Waals surface area (Å²) in [6, 6.07) is 0. The minimum absolute atomic E-state index is 0.0445. The highest BCUT2D eigenvalue weighted by molar-refractivity contribution is 5.75. The zero-order valence-electron chi connectivity index (χ0n) is 5.70. The van der Waals surface area contributed by atoms with Gasteiger partial charge in [0.05, 0.1) is 12.6 Å². The third kappa shape index (κ3) is 5.33. The van der Waals surface area contributed by atoms with E-state index in [9.17, 15) is 0 Å². The van der Waals surface area contributed by atoms with Crippen LogP contribution in [0.25, 0.3) is 0 Å². The van der Waals surface area contributed by atoms with Crippen LogP contribution in [0.5, 0.6) is 0 Å². The van der Waals surface area contributed by atoms with Crippen LogP contribution in [0.1, 0.15) is 6.42 Å². The molecule has 5 nitrogen and oxygen atoms in total. The highest BCUT2D eigenvalue weighted by Gasteiger charge is 1.99. The molecule has 0 rings (SSSR count). The van der Waals surface area contributed by atoms with Gasteiger partial charge in [-0.05, 0) is 6.42 Å². The quantitative estimate of drug-likeness (QED) is 0.273. The summed E-state index contributed by atoms with van der Waals surface area (Å²) in [6.45, 7) is 0.101. The lowest BCUT2D eigenvalue weighted by molar-refractivity contribution is 0.140. The highest BCUT2D eigenvalue weighted by atomic mass is 16.3. The Labute approximate surface area is 59.4 Å². The summed E-state index contributed by atoms with van der Waals surface area (Å²) in [4.78, 5) is 3.55. The van der Waals surface area contributed by atoms with Gasteiger partial charge in [-0.15, -0.1) is 0 Å². The van der Waals surface area contributed by atoms with E-state index in [1.54, 1.807) is 0 Å². The Morgan fingerprint density at radius 2 is 2.10 bits per heavy atom. The van der Waals surface area contributed by atoms with Crippen molar-refractivity contribution < 1.29 is 10.2 Å². The lowest BCUT2D eigenvalue weighted by atomic mass is 10.3. The summed E-state index contributed by atoms with van der Waals surface area (Å²) < 4.78 is 0. The van der Waals surface area contributed by atoms with Crippen molar-refractivity contribution in [2.24, 2.45) is 16.5 Å². The average molecular weight is 147 g/mol. The Morgan fingerprint density at radius 3 is 2.50 bits per heavy atom. The molecule has 0 aliphatic heterocycles. The molecule has 0 fully saturated rings. The van der Waals surface area contributed by atoms with E-state index in [1.807, 2.05) is 0 Å². The van der Waals surface area contributed by atoms with Gasteiger partial charge >= 0.3 is 0 Å². The maximum atomic E-state index is 8.92. The predicted octanol–water partition coefficient (Wildman–Crippen LogP) is -2.00. The van der Waals surface area contributed by atoms with Crippen LogP contribution in [0.4, 0.5) is 0 Å². The molecule has 0 amide bonds. The number of rotatable bonds is 4. The fraction of sp³-hybridized carbons (Fsp3) is 0.800. The van der Waals surface area contributed by atoms with Crippen LogP contribution >= 0.6 is 0 Å². The van der Waals surface area contributed by atoms with Crippen LogP contribution in [0.15, 0.2) is 4.99 Å². The Bertz CT molecular complexity index is 111. The van der Waals surface area contributed by atoms with Crippen molar-refractivity contribution in [3.63, 3.8) is 0 Å². The van der Waals surface area contributed by atoms with E-state index in [-0.39, 0.29) is 19.1 Å². The van der Waals surface area contributed by atoms with Crippen molar-refractivity contribution in [3.8, 4) is 0 Å². The largest absolute Gasteiger partial charge is 0.396 e. The van der Waals surface area contributed by atoms with Crippen LogP contribution in [0.2, 0.25) is 0 Å². The van der Waals surface area contributed by atoms with Crippen molar-refractivity contribution in [1.29, 1.82) is 0 Å². The molecule has 0 aliphatic rings. The molecule has 0 aromatic carbocycles. The molecule has 0 aromatic rings. The first-order chi connectivity index (χ1) is 4.66. The lowest BCUT2D eigenvalue weighted by Gasteiger charge is -2.03. The van der Waals surface area contributed by atoms with E-state index < -0.39 is 6.10 Å². The topological polar surface area (TPSA) is 105 Å². The Morgan fingerprint density at radius 1 is 1.50 bits per heavy atom. The minimum Gasteiger partial charge on any atom is -0.396 e. The molecule has 5 heteroatoms. The second-order valence-electron chi connectivity index (χ2n) is 1.93. The van der Waals surface area contributed by atoms with E-state index in [4.69, 9.17) is 21.7 Å². The minimum atomic E-state index is -0.646. The summed E-state index contributed by atoms with van der Waals surface area (Å²) in [5, 5.41) is 17.3. The maximum Gasteiger partial charge on any atom is 0.185 e. The SMILES string of the molecule is NC(N)=NCC(O)CCO. The molecule has 0 saturated heterocycles. The van der Waals surface area contributed by atoms with E-state index in [1.165, 1.54) is 0 Å². The van der Waals surface area contributed by atoms with Gasteiger partial charge in [0.1, 0.15) is 0 Å². The van der Waals surface area contributed by atoms with Crippen LogP contribution in [-0.4, -0.2) is 35.4 Å². The summed E-state index contributed by atoms with van der Waals surface area (Å²) in [6.07, 6.45) is -0.344. The highest BCUT2D eigenvalue weighted by Crippen LogP contribution is 1.89. The molecule has 0 radical (unpaired) electrons. The number of hydrogen-bond acceptors (Lipinski definition) is 3. The Kier molecular flexibility index (Phi) is 4.61. The zero-order valence-corrected chi connectivity index (χ0v) is 5.70. The van der Waals surface area contributed by atoms with Crippen LogP contribution in [0, 0.1) is 0 Å². The summed E-state index contributed by atoms with van der Waals surface area (Å²) in [5.41, 5.74) is 9.98. The predicted molar refractivity (Wildman–Crippen MR) is 38.4 cm³/mol. The number of aliphatic hydroxyl groups excluding tert-OH is 2. The van der Waals surface area contributed by atoms with E-state index in [0.29, 0.717) is 6.42 Å². The molecular formula is C5H13N3O2. The van der Waals surface area contributed by atoms with Gasteiger partial charge < -0.3 is 21.7 Å². The second-order valence-corrected chi connectivity index (χ2v) is 1.93. The van der Waals surface area contributed by atoms with E-state index in [2.05, 4.69) is 4.99 Å². The summed E-state index contributed by atoms with van der Waals surface area (Å²) in [5.74, 6) is -0.0445. The van der Waals surface area contributed by atoms with Gasteiger partial charge in [-0.3, -0.25) is 4.99 Å². The molecule has 0 aromatic heterocycles. The number of nitrogens with zero attached hydrogens (tertiary/aromatic N) is 1. The standard InChI is InChI=1S/C5H13N3O2/c6-5(7)8-3-4(10)1-2-9/h4,9-10H,1-3H2,(H4,6,7,8). The second kappa shape index (κ2) is 5.01.